The minimum atomic E-state index is -0.170. The van der Waals surface area contributed by atoms with Gasteiger partial charge in [0.15, 0.2) is 6.61 Å². The topological polar surface area (TPSA) is 93.0 Å². The molecular weight excluding hydrogens is 332 g/mol. The van der Waals surface area contributed by atoms with E-state index in [-0.39, 0.29) is 12.5 Å². The van der Waals surface area contributed by atoms with E-state index in [4.69, 9.17) is 9.15 Å². The van der Waals surface area contributed by atoms with Gasteiger partial charge in [0, 0.05) is 29.9 Å². The zero-order valence-corrected chi connectivity index (χ0v) is 14.0. The van der Waals surface area contributed by atoms with Crippen molar-refractivity contribution < 1.29 is 13.9 Å². The SMILES string of the molecule is Cc1nnc(COc2ccc(NC(=O)c3ccc4cc[nH]c4c3)cc2)o1. The average molecular weight is 348 g/mol. The Morgan fingerprint density at radius 3 is 2.77 bits per heavy atom. The number of aromatic nitrogens is 3. The number of fused-ring (bicyclic) bond motifs is 1. The van der Waals surface area contributed by atoms with Crippen molar-refractivity contribution in [2.75, 3.05) is 5.32 Å². The second kappa shape index (κ2) is 6.72. The van der Waals surface area contributed by atoms with Crippen molar-refractivity contribution in [2.24, 2.45) is 0 Å². The zero-order chi connectivity index (χ0) is 17.9. The fourth-order valence-electron chi connectivity index (χ4n) is 2.57. The molecule has 7 nitrogen and oxygen atoms in total. The highest BCUT2D eigenvalue weighted by Gasteiger charge is 2.08. The molecule has 2 aromatic carbocycles. The fraction of sp³-hybridized carbons (Fsp3) is 0.105. The van der Waals surface area contributed by atoms with E-state index < -0.39 is 0 Å². The van der Waals surface area contributed by atoms with Crippen LogP contribution in [0.4, 0.5) is 5.69 Å². The summed E-state index contributed by atoms with van der Waals surface area (Å²) in [7, 11) is 0. The first-order valence-corrected chi connectivity index (χ1v) is 8.08. The number of nitrogens with one attached hydrogen (secondary N) is 2. The molecule has 1 amide bonds. The lowest BCUT2D eigenvalue weighted by atomic mass is 10.1. The average Bonchev–Trinajstić information content (AvgIpc) is 3.29. The molecule has 2 aromatic heterocycles. The summed E-state index contributed by atoms with van der Waals surface area (Å²) >= 11 is 0. The van der Waals surface area contributed by atoms with Gasteiger partial charge in [0.05, 0.1) is 0 Å². The maximum absolute atomic E-state index is 12.4. The van der Waals surface area contributed by atoms with E-state index in [0.29, 0.717) is 28.8 Å². The quantitative estimate of drug-likeness (QED) is 0.574. The summed E-state index contributed by atoms with van der Waals surface area (Å²) < 4.78 is 10.8. The number of H-pyrrole nitrogens is 1. The number of carbonyl (C=O) groups excluding carboxylic acids is 1. The number of nitrogens with zero attached hydrogens (tertiary/aromatic N) is 2. The van der Waals surface area contributed by atoms with Crippen LogP contribution in [0.1, 0.15) is 22.1 Å². The molecule has 0 saturated carbocycles. The Morgan fingerprint density at radius 2 is 2.00 bits per heavy atom. The van der Waals surface area contributed by atoms with Crippen LogP contribution in [0, 0.1) is 6.92 Å². The molecule has 7 heteroatoms. The molecule has 2 N–H and O–H groups in total. The highest BCUT2D eigenvalue weighted by Crippen LogP contribution is 2.19. The molecule has 0 spiro atoms. The molecule has 0 unspecified atom stereocenters. The number of anilines is 1. The highest BCUT2D eigenvalue weighted by atomic mass is 16.5. The second-order valence-electron chi connectivity index (χ2n) is 5.76. The van der Waals surface area contributed by atoms with Crippen LogP contribution < -0.4 is 10.1 Å². The third-order valence-electron chi connectivity index (χ3n) is 3.86. The molecule has 4 aromatic rings. The maximum atomic E-state index is 12.4. The molecule has 0 aliphatic heterocycles. The Kier molecular flexibility index (Phi) is 4.10. The number of aryl methyl sites for hydroxylation is 1. The van der Waals surface area contributed by atoms with Gasteiger partial charge in [-0.2, -0.15) is 0 Å². The van der Waals surface area contributed by atoms with Gasteiger partial charge in [-0.15, -0.1) is 10.2 Å². The summed E-state index contributed by atoms with van der Waals surface area (Å²) in [4.78, 5) is 15.5. The predicted octanol–water partition coefficient (Wildman–Crippen LogP) is 3.69. The van der Waals surface area contributed by atoms with Crippen LogP contribution in [0.3, 0.4) is 0 Å². The summed E-state index contributed by atoms with van der Waals surface area (Å²) in [6.07, 6.45) is 1.85. The van der Waals surface area contributed by atoms with Gasteiger partial charge in [-0.25, -0.2) is 0 Å². The summed E-state index contributed by atoms with van der Waals surface area (Å²) in [6.45, 7) is 1.92. The Morgan fingerprint density at radius 1 is 1.15 bits per heavy atom. The van der Waals surface area contributed by atoms with Crippen molar-refractivity contribution in [1.29, 1.82) is 0 Å². The maximum Gasteiger partial charge on any atom is 0.255 e. The van der Waals surface area contributed by atoms with Crippen LogP contribution in [0.5, 0.6) is 5.75 Å². The molecule has 0 aliphatic carbocycles. The lowest BCUT2D eigenvalue weighted by Gasteiger charge is -2.07. The third kappa shape index (κ3) is 3.41. The molecule has 0 atom stereocenters. The zero-order valence-electron chi connectivity index (χ0n) is 14.0. The number of aromatic amines is 1. The normalized spacial score (nSPS) is 10.8. The van der Waals surface area contributed by atoms with Crippen LogP contribution in [0.25, 0.3) is 10.9 Å². The van der Waals surface area contributed by atoms with E-state index in [1.807, 2.05) is 24.4 Å². The van der Waals surface area contributed by atoms with Crippen molar-refractivity contribution in [3.63, 3.8) is 0 Å². The van der Waals surface area contributed by atoms with Gasteiger partial charge in [0.25, 0.3) is 11.8 Å². The van der Waals surface area contributed by atoms with Crippen LogP contribution in [0.15, 0.2) is 59.1 Å². The number of rotatable bonds is 5. The number of carbonyl (C=O) groups is 1. The number of amides is 1. The largest absolute Gasteiger partial charge is 0.484 e. The molecule has 0 aliphatic rings. The minimum Gasteiger partial charge on any atom is -0.484 e. The Balaban J connectivity index is 1.39. The molecule has 0 fully saturated rings. The van der Waals surface area contributed by atoms with Crippen LogP contribution in [-0.4, -0.2) is 21.1 Å². The first-order valence-electron chi connectivity index (χ1n) is 8.08. The lowest BCUT2D eigenvalue weighted by molar-refractivity contribution is 0.102. The van der Waals surface area contributed by atoms with Crippen molar-refractivity contribution in [2.45, 2.75) is 13.5 Å². The summed E-state index contributed by atoms with van der Waals surface area (Å²) in [5, 5.41) is 11.6. The molecule has 130 valence electrons. The Bertz CT molecular complexity index is 1050. The Hall–Kier alpha value is -3.61. The van der Waals surface area contributed by atoms with E-state index >= 15 is 0 Å². The van der Waals surface area contributed by atoms with Crippen LogP contribution in [0.2, 0.25) is 0 Å². The van der Waals surface area contributed by atoms with E-state index in [0.717, 1.165) is 10.9 Å². The number of hydrogen-bond donors (Lipinski definition) is 2. The monoisotopic (exact) mass is 348 g/mol. The molecule has 4 rings (SSSR count). The van der Waals surface area contributed by atoms with Gasteiger partial charge in [-0.3, -0.25) is 4.79 Å². The summed E-state index contributed by atoms with van der Waals surface area (Å²) in [6, 6.07) is 14.6. The van der Waals surface area contributed by atoms with Gasteiger partial charge in [0.2, 0.25) is 5.89 Å². The fourth-order valence-corrected chi connectivity index (χ4v) is 2.57. The summed E-state index contributed by atoms with van der Waals surface area (Å²) in [5.74, 6) is 1.39. The second-order valence-corrected chi connectivity index (χ2v) is 5.76. The molecule has 26 heavy (non-hydrogen) atoms. The first-order chi connectivity index (χ1) is 12.7. The lowest BCUT2D eigenvalue weighted by Crippen LogP contribution is -2.11. The van der Waals surface area contributed by atoms with Crippen LogP contribution in [-0.2, 0) is 6.61 Å². The van der Waals surface area contributed by atoms with Gasteiger partial charge >= 0.3 is 0 Å². The van der Waals surface area contributed by atoms with Crippen molar-refractivity contribution in [1.82, 2.24) is 15.2 Å². The smallest absolute Gasteiger partial charge is 0.255 e. The number of hydrogen-bond acceptors (Lipinski definition) is 5. The van der Waals surface area contributed by atoms with Crippen molar-refractivity contribution in [3.05, 3.63) is 72.1 Å². The molecule has 0 saturated heterocycles. The number of ether oxygens (including phenoxy) is 1. The minimum absolute atomic E-state index is 0.170. The van der Waals surface area contributed by atoms with E-state index in [2.05, 4.69) is 20.5 Å². The molecule has 0 bridgehead atoms. The molecule has 0 radical (unpaired) electrons. The molecular formula is C19H16N4O3. The highest BCUT2D eigenvalue weighted by molar-refractivity contribution is 6.06. The standard InChI is InChI=1S/C19H16N4O3/c1-12-22-23-18(26-12)11-25-16-6-4-15(5-7-16)21-19(24)14-3-2-13-8-9-20-17(13)10-14/h2-10,20H,11H2,1H3,(H,21,24). The van der Waals surface area contributed by atoms with Gasteiger partial charge in [0.1, 0.15) is 5.75 Å². The third-order valence-corrected chi connectivity index (χ3v) is 3.86. The van der Waals surface area contributed by atoms with Crippen molar-refractivity contribution in [3.8, 4) is 5.75 Å². The van der Waals surface area contributed by atoms with Crippen LogP contribution >= 0.6 is 0 Å². The van der Waals surface area contributed by atoms with Gasteiger partial charge in [-0.1, -0.05) is 6.07 Å². The Labute approximate surface area is 149 Å². The number of benzene rings is 2. The predicted molar refractivity (Wildman–Crippen MR) is 96.1 cm³/mol. The summed E-state index contributed by atoms with van der Waals surface area (Å²) in [5.41, 5.74) is 2.20. The van der Waals surface area contributed by atoms with E-state index in [9.17, 15) is 4.79 Å². The van der Waals surface area contributed by atoms with E-state index in [1.54, 1.807) is 37.3 Å². The van der Waals surface area contributed by atoms with Gasteiger partial charge < -0.3 is 19.5 Å². The molecule has 2 heterocycles. The van der Waals surface area contributed by atoms with E-state index in [1.165, 1.54) is 0 Å². The van der Waals surface area contributed by atoms with Gasteiger partial charge in [-0.05, 0) is 47.9 Å². The van der Waals surface area contributed by atoms with Crippen molar-refractivity contribution >= 4 is 22.5 Å². The first kappa shape index (κ1) is 15.9.